The third kappa shape index (κ3) is 3.83. The van der Waals surface area contributed by atoms with Gasteiger partial charge in [-0.25, -0.2) is 13.1 Å². The van der Waals surface area contributed by atoms with Gasteiger partial charge in [-0.1, -0.05) is 12.1 Å². The molecule has 0 saturated carbocycles. The van der Waals surface area contributed by atoms with E-state index in [2.05, 4.69) is 4.72 Å². The predicted molar refractivity (Wildman–Crippen MR) is 82.6 cm³/mol. The molecule has 0 spiro atoms. The molecule has 0 radical (unpaired) electrons. The number of nitrogens with two attached hydrogens (primary N) is 1. The molecule has 0 aliphatic carbocycles. The van der Waals surface area contributed by atoms with Gasteiger partial charge in [0.1, 0.15) is 0 Å². The smallest absolute Gasteiger partial charge is 0.241 e. The molecule has 118 valence electrons. The van der Waals surface area contributed by atoms with Crippen molar-refractivity contribution in [2.45, 2.75) is 49.6 Å². The normalized spacial score (nSPS) is 26.1. The molecule has 1 aliphatic rings. The third-order valence-electron chi connectivity index (χ3n) is 4.16. The highest BCUT2D eigenvalue weighted by Crippen LogP contribution is 2.27. The molecule has 1 aliphatic heterocycles. The second-order valence-electron chi connectivity index (χ2n) is 5.82. The number of ether oxygens (including phenoxy) is 1. The topological polar surface area (TPSA) is 81.4 Å². The molecule has 2 rings (SSSR count). The zero-order chi connectivity index (χ0) is 15.5. The lowest BCUT2D eigenvalue weighted by molar-refractivity contribution is 0.0957. The highest BCUT2D eigenvalue weighted by molar-refractivity contribution is 7.89. The molecule has 1 aromatic rings. The molecule has 0 amide bonds. The molecule has 1 saturated heterocycles. The Balaban J connectivity index is 2.12. The molecule has 21 heavy (non-hydrogen) atoms. The van der Waals surface area contributed by atoms with E-state index in [1.165, 1.54) is 0 Å². The van der Waals surface area contributed by atoms with Gasteiger partial charge in [0.15, 0.2) is 0 Å². The summed E-state index contributed by atoms with van der Waals surface area (Å²) in [5, 5.41) is 0. The first-order valence-electron chi connectivity index (χ1n) is 7.32. The van der Waals surface area contributed by atoms with E-state index >= 15 is 0 Å². The number of aryl methyl sites for hydroxylation is 1. The molecule has 0 bridgehead atoms. The average molecular weight is 312 g/mol. The average Bonchev–Trinajstić information content (AvgIpc) is 2.75. The van der Waals surface area contributed by atoms with Gasteiger partial charge in [0, 0.05) is 6.61 Å². The van der Waals surface area contributed by atoms with Crippen molar-refractivity contribution in [3.05, 3.63) is 29.8 Å². The molecular weight excluding hydrogens is 288 g/mol. The minimum Gasteiger partial charge on any atom is -0.376 e. The highest BCUT2D eigenvalue weighted by atomic mass is 32.2. The van der Waals surface area contributed by atoms with E-state index in [-0.39, 0.29) is 6.10 Å². The van der Waals surface area contributed by atoms with Crippen molar-refractivity contribution in [2.24, 2.45) is 5.73 Å². The Morgan fingerprint density at radius 1 is 1.38 bits per heavy atom. The van der Waals surface area contributed by atoms with E-state index in [4.69, 9.17) is 10.5 Å². The van der Waals surface area contributed by atoms with Crippen molar-refractivity contribution in [1.82, 2.24) is 4.72 Å². The van der Waals surface area contributed by atoms with Gasteiger partial charge in [-0.3, -0.25) is 0 Å². The van der Waals surface area contributed by atoms with Crippen LogP contribution in [-0.4, -0.2) is 33.2 Å². The van der Waals surface area contributed by atoms with E-state index in [0.717, 1.165) is 18.4 Å². The van der Waals surface area contributed by atoms with Gasteiger partial charge in [-0.2, -0.15) is 0 Å². The fourth-order valence-electron chi connectivity index (χ4n) is 2.48. The maximum absolute atomic E-state index is 12.5. The van der Waals surface area contributed by atoms with Crippen LogP contribution < -0.4 is 10.5 Å². The molecule has 1 fully saturated rings. The van der Waals surface area contributed by atoms with E-state index in [0.29, 0.717) is 24.5 Å². The maximum Gasteiger partial charge on any atom is 0.241 e. The van der Waals surface area contributed by atoms with Gasteiger partial charge >= 0.3 is 0 Å². The maximum atomic E-state index is 12.5. The lowest BCUT2D eigenvalue weighted by Gasteiger charge is -2.28. The van der Waals surface area contributed by atoms with Gasteiger partial charge in [0.2, 0.25) is 10.0 Å². The summed E-state index contributed by atoms with van der Waals surface area (Å²) in [6.07, 6.45) is 2.32. The van der Waals surface area contributed by atoms with Crippen molar-refractivity contribution in [3.8, 4) is 0 Å². The lowest BCUT2D eigenvalue weighted by atomic mass is 9.97. The minimum atomic E-state index is -3.53. The van der Waals surface area contributed by atoms with E-state index in [1.807, 2.05) is 26.0 Å². The summed E-state index contributed by atoms with van der Waals surface area (Å²) in [6.45, 7) is 5.00. The first-order valence-corrected chi connectivity index (χ1v) is 8.80. The predicted octanol–water partition coefficient (Wildman–Crippen LogP) is 1.42. The first kappa shape index (κ1) is 16.4. The molecule has 1 aromatic carbocycles. The second kappa shape index (κ2) is 6.44. The lowest BCUT2D eigenvalue weighted by Crippen LogP contribution is -2.50. The number of hydrogen-bond acceptors (Lipinski definition) is 4. The van der Waals surface area contributed by atoms with Crippen molar-refractivity contribution in [3.63, 3.8) is 0 Å². The van der Waals surface area contributed by atoms with Crippen LogP contribution in [0, 0.1) is 0 Å². The van der Waals surface area contributed by atoms with Gasteiger partial charge in [0.05, 0.1) is 16.5 Å². The van der Waals surface area contributed by atoms with Gasteiger partial charge < -0.3 is 10.5 Å². The zero-order valence-electron chi connectivity index (χ0n) is 12.6. The fourth-order valence-corrected chi connectivity index (χ4v) is 3.97. The number of sulfonamides is 1. The molecular formula is C15H24N2O3S. The van der Waals surface area contributed by atoms with Crippen LogP contribution in [0.25, 0.3) is 0 Å². The summed E-state index contributed by atoms with van der Waals surface area (Å²) in [5.74, 6) is 0. The van der Waals surface area contributed by atoms with Crippen molar-refractivity contribution >= 4 is 10.0 Å². The zero-order valence-corrected chi connectivity index (χ0v) is 13.4. The van der Waals surface area contributed by atoms with Crippen LogP contribution in [0.3, 0.4) is 0 Å². The Hall–Kier alpha value is -0.950. The largest absolute Gasteiger partial charge is 0.376 e. The number of benzene rings is 1. The Labute approximate surface area is 126 Å². The monoisotopic (exact) mass is 312 g/mol. The summed E-state index contributed by atoms with van der Waals surface area (Å²) in [7, 11) is -3.53. The number of hydrogen-bond donors (Lipinski definition) is 2. The standard InChI is InChI=1S/C15H24N2O3S/c1-12-15(2,9-11-20-12)17-21(18,19)14-7-5-13(6-8-14)4-3-10-16/h5-8,12,17H,3-4,9-11,16H2,1-2H3. The van der Waals surface area contributed by atoms with Crippen LogP contribution >= 0.6 is 0 Å². The van der Waals surface area contributed by atoms with Crippen molar-refractivity contribution in [2.75, 3.05) is 13.2 Å². The number of rotatable bonds is 6. The van der Waals surface area contributed by atoms with Crippen LogP contribution in [-0.2, 0) is 21.2 Å². The Morgan fingerprint density at radius 2 is 2.05 bits per heavy atom. The Bertz CT molecular complexity index is 571. The summed E-state index contributed by atoms with van der Waals surface area (Å²) >= 11 is 0. The summed E-state index contributed by atoms with van der Waals surface area (Å²) in [4.78, 5) is 0.291. The summed E-state index contributed by atoms with van der Waals surface area (Å²) in [6, 6.07) is 7.00. The van der Waals surface area contributed by atoms with Crippen LogP contribution in [0.1, 0.15) is 32.3 Å². The summed E-state index contributed by atoms with van der Waals surface area (Å²) in [5.41, 5.74) is 6.03. The van der Waals surface area contributed by atoms with E-state index in [9.17, 15) is 8.42 Å². The number of nitrogens with one attached hydrogen (secondary N) is 1. The van der Waals surface area contributed by atoms with Crippen LogP contribution in [0.5, 0.6) is 0 Å². The quantitative estimate of drug-likeness (QED) is 0.832. The fraction of sp³-hybridized carbons (Fsp3) is 0.600. The molecule has 5 nitrogen and oxygen atoms in total. The first-order chi connectivity index (χ1) is 9.87. The van der Waals surface area contributed by atoms with Crippen LogP contribution in [0.4, 0.5) is 0 Å². The molecule has 6 heteroatoms. The molecule has 2 atom stereocenters. The van der Waals surface area contributed by atoms with Gasteiger partial charge in [-0.05, 0) is 57.4 Å². The summed E-state index contributed by atoms with van der Waals surface area (Å²) < 4.78 is 33.2. The van der Waals surface area contributed by atoms with Gasteiger partial charge in [0.25, 0.3) is 0 Å². The molecule has 0 aromatic heterocycles. The molecule has 1 heterocycles. The van der Waals surface area contributed by atoms with E-state index in [1.54, 1.807) is 12.1 Å². The Kier molecular flexibility index (Phi) is 5.03. The third-order valence-corrected chi connectivity index (χ3v) is 5.79. The molecule has 3 N–H and O–H groups in total. The second-order valence-corrected chi connectivity index (χ2v) is 7.50. The molecule has 2 unspecified atom stereocenters. The van der Waals surface area contributed by atoms with Crippen molar-refractivity contribution < 1.29 is 13.2 Å². The highest BCUT2D eigenvalue weighted by Gasteiger charge is 2.40. The Morgan fingerprint density at radius 3 is 2.57 bits per heavy atom. The SMILES string of the molecule is CC1OCCC1(C)NS(=O)(=O)c1ccc(CCCN)cc1. The van der Waals surface area contributed by atoms with Crippen LogP contribution in [0.2, 0.25) is 0 Å². The minimum absolute atomic E-state index is 0.129. The van der Waals surface area contributed by atoms with Crippen molar-refractivity contribution in [1.29, 1.82) is 0 Å². The van der Waals surface area contributed by atoms with E-state index < -0.39 is 15.6 Å². The van der Waals surface area contributed by atoms with Gasteiger partial charge in [-0.15, -0.1) is 0 Å². The van der Waals surface area contributed by atoms with Crippen LogP contribution in [0.15, 0.2) is 29.2 Å².